The van der Waals surface area contributed by atoms with Gasteiger partial charge in [0.2, 0.25) is 0 Å². The molecule has 1 aliphatic rings. The zero-order chi connectivity index (χ0) is 6.81. The molecule has 2 rings (SSSR count). The average molecular weight is 149 g/mol. The topological polar surface area (TPSA) is 0 Å². The molecular weight excluding hydrogens is 140 g/mol. The molecule has 0 aliphatic carbocycles. The first-order valence-electron chi connectivity index (χ1n) is 3.40. The first-order valence-corrected chi connectivity index (χ1v) is 4.48. The number of hydrogen-bond donors (Lipinski definition) is 0. The second-order valence-corrected chi connectivity index (χ2v) is 3.47. The minimum atomic E-state index is 1.18. The lowest BCUT2D eigenvalue weighted by molar-refractivity contribution is 1.40. The van der Waals surface area contributed by atoms with Crippen molar-refractivity contribution in [3.8, 4) is 0 Å². The van der Waals surface area contributed by atoms with Gasteiger partial charge in [-0.2, -0.15) is 0 Å². The lowest BCUT2D eigenvalue weighted by atomic mass is 10.2. The van der Waals surface area contributed by atoms with Crippen LogP contribution in [0.1, 0.15) is 5.56 Å². The highest BCUT2D eigenvalue weighted by Crippen LogP contribution is 2.16. The zero-order valence-corrected chi connectivity index (χ0v) is 6.51. The molecule has 0 amide bonds. The Balaban J connectivity index is 2.54. The van der Waals surface area contributed by atoms with Crippen LogP contribution in [0.15, 0.2) is 35.2 Å². The summed E-state index contributed by atoms with van der Waals surface area (Å²) in [6.45, 7) is 0. The van der Waals surface area contributed by atoms with Gasteiger partial charge in [0.15, 0.2) is 4.90 Å². The Kier molecular flexibility index (Phi) is 1.52. The van der Waals surface area contributed by atoms with Gasteiger partial charge in [-0.05, 0) is 24.3 Å². The van der Waals surface area contributed by atoms with E-state index < -0.39 is 0 Å². The van der Waals surface area contributed by atoms with Gasteiger partial charge in [-0.3, -0.25) is 0 Å². The van der Waals surface area contributed by atoms with E-state index in [1.807, 2.05) is 0 Å². The van der Waals surface area contributed by atoms with Crippen LogP contribution >= 0.6 is 0 Å². The number of hydrogen-bond acceptors (Lipinski definition) is 0. The van der Waals surface area contributed by atoms with E-state index in [1.54, 1.807) is 0 Å². The van der Waals surface area contributed by atoms with Crippen molar-refractivity contribution >= 4 is 17.8 Å². The van der Waals surface area contributed by atoms with Gasteiger partial charge in [0, 0.05) is 17.3 Å². The van der Waals surface area contributed by atoms with Gasteiger partial charge in [0.05, 0.1) is 0 Å². The molecule has 0 bridgehead atoms. The summed E-state index contributed by atoms with van der Waals surface area (Å²) in [5, 5.41) is 0. The molecule has 0 radical (unpaired) electrons. The van der Waals surface area contributed by atoms with Crippen LogP contribution in [0, 0.1) is 0 Å². The van der Waals surface area contributed by atoms with E-state index in [0.717, 1.165) is 0 Å². The first kappa shape index (κ1) is 6.05. The maximum Gasteiger partial charge on any atom is 0.160 e. The molecule has 0 N–H and O–H groups in total. The Labute approximate surface area is 65.0 Å². The van der Waals surface area contributed by atoms with Crippen molar-refractivity contribution in [1.82, 2.24) is 0 Å². The Morgan fingerprint density at radius 3 is 3.00 bits per heavy atom. The fraction of sp³-hybridized carbons (Fsp3) is 0.111. The van der Waals surface area contributed by atoms with Crippen LogP contribution in [0.3, 0.4) is 0 Å². The SMILES string of the molecule is C1=Cc2ccccc2[SH+]C1. The van der Waals surface area contributed by atoms with Crippen molar-refractivity contribution in [2.24, 2.45) is 0 Å². The molecule has 1 heteroatoms. The first-order chi connectivity index (χ1) is 4.97. The van der Waals surface area contributed by atoms with Crippen LogP contribution in [-0.4, -0.2) is 5.75 Å². The van der Waals surface area contributed by atoms with E-state index in [9.17, 15) is 0 Å². The highest BCUT2D eigenvalue weighted by Gasteiger charge is 2.09. The third-order valence-corrected chi connectivity index (χ3v) is 2.74. The summed E-state index contributed by atoms with van der Waals surface area (Å²) >= 11 is 1.44. The molecular formula is C9H9S+. The summed E-state index contributed by atoms with van der Waals surface area (Å²) in [5.41, 5.74) is 1.38. The summed E-state index contributed by atoms with van der Waals surface area (Å²) in [6, 6.07) is 8.55. The summed E-state index contributed by atoms with van der Waals surface area (Å²) in [6.07, 6.45) is 4.43. The van der Waals surface area contributed by atoms with Crippen molar-refractivity contribution in [3.05, 3.63) is 35.9 Å². The van der Waals surface area contributed by atoms with Gasteiger partial charge in [-0.1, -0.05) is 12.1 Å². The van der Waals surface area contributed by atoms with Crippen molar-refractivity contribution < 1.29 is 0 Å². The van der Waals surface area contributed by atoms with E-state index >= 15 is 0 Å². The van der Waals surface area contributed by atoms with Crippen LogP contribution in [0.5, 0.6) is 0 Å². The highest BCUT2D eigenvalue weighted by molar-refractivity contribution is 7.78. The van der Waals surface area contributed by atoms with E-state index in [1.165, 1.54) is 28.0 Å². The predicted octanol–water partition coefficient (Wildman–Crippen LogP) is 1.89. The van der Waals surface area contributed by atoms with Gasteiger partial charge < -0.3 is 0 Å². The Hall–Kier alpha value is -0.690. The Bertz CT molecular complexity index is 263. The van der Waals surface area contributed by atoms with Crippen LogP contribution in [0.25, 0.3) is 6.08 Å². The number of rotatable bonds is 0. The molecule has 0 nitrogen and oxygen atoms in total. The quantitative estimate of drug-likeness (QED) is 0.390. The van der Waals surface area contributed by atoms with Crippen molar-refractivity contribution in [3.63, 3.8) is 0 Å². The molecule has 0 fully saturated rings. The van der Waals surface area contributed by atoms with E-state index in [0.29, 0.717) is 0 Å². The van der Waals surface area contributed by atoms with Crippen molar-refractivity contribution in [1.29, 1.82) is 0 Å². The van der Waals surface area contributed by atoms with Gasteiger partial charge in [0.1, 0.15) is 5.75 Å². The fourth-order valence-electron chi connectivity index (χ4n) is 1.10. The standard InChI is InChI=1S/C9H8S/c1-2-6-9-8(4-1)5-3-7-10-9/h1-6H,7H2/p+1. The lowest BCUT2D eigenvalue weighted by Crippen LogP contribution is -1.94. The van der Waals surface area contributed by atoms with Crippen molar-refractivity contribution in [2.75, 3.05) is 5.75 Å². The molecule has 50 valence electrons. The minimum Gasteiger partial charge on any atom is -0.0613 e. The highest BCUT2D eigenvalue weighted by atomic mass is 32.2. The van der Waals surface area contributed by atoms with E-state index in [2.05, 4.69) is 36.4 Å². The largest absolute Gasteiger partial charge is 0.160 e. The van der Waals surface area contributed by atoms with Crippen LogP contribution in [0.4, 0.5) is 0 Å². The van der Waals surface area contributed by atoms with Crippen LogP contribution < -0.4 is 0 Å². The van der Waals surface area contributed by atoms with Crippen LogP contribution in [0.2, 0.25) is 0 Å². The summed E-state index contributed by atoms with van der Waals surface area (Å²) < 4.78 is 0. The smallest absolute Gasteiger partial charge is 0.0613 e. The minimum absolute atomic E-state index is 1.18. The van der Waals surface area contributed by atoms with Gasteiger partial charge >= 0.3 is 0 Å². The summed E-state index contributed by atoms with van der Waals surface area (Å²) in [7, 11) is 0. The molecule has 0 atom stereocenters. The Morgan fingerprint density at radius 2 is 2.10 bits per heavy atom. The second kappa shape index (κ2) is 2.51. The fourth-order valence-corrected chi connectivity index (χ4v) is 2.03. The van der Waals surface area contributed by atoms with Crippen molar-refractivity contribution in [2.45, 2.75) is 4.90 Å². The van der Waals surface area contributed by atoms with E-state index in [4.69, 9.17) is 0 Å². The molecule has 0 saturated carbocycles. The number of thiol groups is 1. The molecule has 1 aliphatic heterocycles. The maximum atomic E-state index is 2.23. The summed E-state index contributed by atoms with van der Waals surface area (Å²) in [4.78, 5) is 1.46. The normalized spacial score (nSPS) is 14.8. The molecule has 0 spiro atoms. The predicted molar refractivity (Wildman–Crippen MR) is 47.4 cm³/mol. The molecule has 0 aromatic heterocycles. The summed E-state index contributed by atoms with van der Waals surface area (Å²) in [5.74, 6) is 1.18. The third kappa shape index (κ3) is 0.971. The molecule has 1 aromatic rings. The molecule has 10 heavy (non-hydrogen) atoms. The maximum absolute atomic E-state index is 2.23. The molecule has 1 heterocycles. The zero-order valence-electron chi connectivity index (χ0n) is 5.62. The lowest BCUT2D eigenvalue weighted by Gasteiger charge is -1.99. The monoisotopic (exact) mass is 149 g/mol. The molecule has 1 aromatic carbocycles. The van der Waals surface area contributed by atoms with Gasteiger partial charge in [0.25, 0.3) is 0 Å². The van der Waals surface area contributed by atoms with E-state index in [-0.39, 0.29) is 0 Å². The number of fused-ring (bicyclic) bond motifs is 1. The Morgan fingerprint density at radius 1 is 1.20 bits per heavy atom. The average Bonchev–Trinajstić information content (AvgIpc) is 2.05. The third-order valence-electron chi connectivity index (χ3n) is 1.60. The van der Waals surface area contributed by atoms with Crippen LogP contribution in [-0.2, 0) is 11.8 Å². The molecule has 0 unspecified atom stereocenters. The number of benzene rings is 1. The molecule has 0 saturated heterocycles. The second-order valence-electron chi connectivity index (χ2n) is 2.30. The van der Waals surface area contributed by atoms with Gasteiger partial charge in [-0.25, -0.2) is 0 Å². The van der Waals surface area contributed by atoms with Gasteiger partial charge in [-0.15, -0.1) is 0 Å².